The molecule has 42 heavy (non-hydrogen) atoms. The van der Waals surface area contributed by atoms with Gasteiger partial charge in [0.2, 0.25) is 0 Å². The normalized spacial score (nSPS) is 18.0. The molecule has 0 bridgehead atoms. The van der Waals surface area contributed by atoms with Crippen LogP contribution >= 0.6 is 23.1 Å². The molecule has 1 aliphatic heterocycles. The molecule has 0 radical (unpaired) electrons. The first-order valence-electron chi connectivity index (χ1n) is 14.9. The summed E-state index contributed by atoms with van der Waals surface area (Å²) in [6.07, 6.45) is 4.86. The van der Waals surface area contributed by atoms with Crippen molar-refractivity contribution in [1.82, 2.24) is 0 Å². The summed E-state index contributed by atoms with van der Waals surface area (Å²) in [6, 6.07) is 22.5. The van der Waals surface area contributed by atoms with Crippen molar-refractivity contribution in [3.8, 4) is 22.9 Å². The van der Waals surface area contributed by atoms with Gasteiger partial charge in [0.15, 0.2) is 0 Å². The van der Waals surface area contributed by atoms with Crippen molar-refractivity contribution in [2.45, 2.75) is 67.7 Å². The lowest BCUT2D eigenvalue weighted by Gasteiger charge is -2.27. The SMILES string of the molecule is CC(C)(C)[SiH2]C#Cc1c2c(c(C#C[SiH2]C(C)(C)C)c3c1ccc1c4ccccc4sc13)C=CC1c3ccccc3SC21. The fraction of sp³-hybridized carbons (Fsp3) is 0.263. The van der Waals surface area contributed by atoms with Crippen LogP contribution in [-0.4, -0.2) is 19.0 Å². The molecule has 1 aliphatic carbocycles. The first-order chi connectivity index (χ1) is 20.1. The van der Waals surface area contributed by atoms with Gasteiger partial charge >= 0.3 is 0 Å². The Balaban J connectivity index is 1.59. The Morgan fingerprint density at radius 2 is 1.38 bits per heavy atom. The van der Waals surface area contributed by atoms with Gasteiger partial charge < -0.3 is 0 Å². The molecule has 0 saturated carbocycles. The zero-order valence-electron chi connectivity index (χ0n) is 25.3. The topological polar surface area (TPSA) is 0 Å². The summed E-state index contributed by atoms with van der Waals surface area (Å²) in [5.74, 6) is 8.05. The van der Waals surface area contributed by atoms with E-state index in [9.17, 15) is 0 Å². The molecule has 4 aromatic carbocycles. The van der Waals surface area contributed by atoms with Crippen LogP contribution in [0.15, 0.2) is 71.6 Å². The highest BCUT2D eigenvalue weighted by Gasteiger charge is 2.38. The third kappa shape index (κ3) is 4.89. The van der Waals surface area contributed by atoms with E-state index < -0.39 is 19.0 Å². The summed E-state index contributed by atoms with van der Waals surface area (Å²) >= 11 is 3.94. The Hall–Kier alpha value is -3.00. The molecule has 2 unspecified atom stereocenters. The molecule has 0 amide bonds. The van der Waals surface area contributed by atoms with E-state index in [0.717, 1.165) is 0 Å². The molecule has 5 aromatic rings. The van der Waals surface area contributed by atoms with E-state index in [1.54, 1.807) is 0 Å². The fourth-order valence-corrected chi connectivity index (χ4v) is 10.6. The van der Waals surface area contributed by atoms with Gasteiger partial charge in [-0.15, -0.1) is 34.2 Å². The lowest BCUT2D eigenvalue weighted by molar-refractivity contribution is 0.760. The van der Waals surface area contributed by atoms with E-state index in [1.165, 1.54) is 63.7 Å². The Kier molecular flexibility index (Phi) is 6.84. The van der Waals surface area contributed by atoms with Crippen molar-refractivity contribution in [3.05, 3.63) is 94.6 Å². The molecule has 2 aliphatic rings. The van der Waals surface area contributed by atoms with Gasteiger partial charge in [-0.25, -0.2) is 0 Å². The highest BCUT2D eigenvalue weighted by molar-refractivity contribution is 8.00. The number of allylic oxidation sites excluding steroid dienone is 1. The lowest BCUT2D eigenvalue weighted by Crippen LogP contribution is -2.12. The van der Waals surface area contributed by atoms with Crippen LogP contribution in [-0.2, 0) is 0 Å². The second-order valence-corrected chi connectivity index (χ2v) is 22.0. The highest BCUT2D eigenvalue weighted by atomic mass is 32.2. The molecule has 1 aromatic heterocycles. The van der Waals surface area contributed by atoms with Crippen LogP contribution in [0.25, 0.3) is 37.0 Å². The molecule has 208 valence electrons. The molecule has 0 fully saturated rings. The van der Waals surface area contributed by atoms with Crippen molar-refractivity contribution in [2.24, 2.45) is 0 Å². The van der Waals surface area contributed by atoms with E-state index in [2.05, 4.69) is 137 Å². The molecule has 0 nitrogen and oxygen atoms in total. The smallest absolute Gasteiger partial charge is 0.112 e. The number of thiophene rings is 1. The maximum absolute atomic E-state index is 3.85. The van der Waals surface area contributed by atoms with Crippen LogP contribution in [0.3, 0.4) is 0 Å². The van der Waals surface area contributed by atoms with Gasteiger partial charge in [0, 0.05) is 58.1 Å². The van der Waals surface area contributed by atoms with Crippen molar-refractivity contribution >= 4 is 79.2 Å². The second-order valence-electron chi connectivity index (χ2n) is 14.1. The van der Waals surface area contributed by atoms with Gasteiger partial charge in [-0.2, -0.15) is 0 Å². The average molecular weight is 613 g/mol. The monoisotopic (exact) mass is 612 g/mol. The van der Waals surface area contributed by atoms with Gasteiger partial charge in [0.1, 0.15) is 19.0 Å². The first kappa shape index (κ1) is 27.8. The molecule has 2 atom stereocenters. The Morgan fingerprint density at radius 3 is 2.14 bits per heavy atom. The lowest BCUT2D eigenvalue weighted by atomic mass is 9.79. The number of benzene rings is 4. The van der Waals surface area contributed by atoms with Crippen LogP contribution < -0.4 is 0 Å². The molecule has 0 saturated heterocycles. The third-order valence-electron chi connectivity index (χ3n) is 8.17. The molecular formula is C38H36S2Si2. The quantitative estimate of drug-likeness (QED) is 0.124. The number of fused-ring (bicyclic) bond motifs is 10. The van der Waals surface area contributed by atoms with E-state index in [-0.39, 0.29) is 0 Å². The van der Waals surface area contributed by atoms with Gasteiger partial charge in [0.25, 0.3) is 0 Å². The number of rotatable bonds is 0. The minimum Gasteiger partial charge on any atom is -0.134 e. The maximum atomic E-state index is 3.85. The average Bonchev–Trinajstić information content (AvgIpc) is 3.51. The zero-order valence-corrected chi connectivity index (χ0v) is 29.8. The summed E-state index contributed by atoms with van der Waals surface area (Å²) in [4.78, 5) is 1.40. The van der Waals surface area contributed by atoms with Gasteiger partial charge in [-0.3, -0.25) is 0 Å². The van der Waals surface area contributed by atoms with Gasteiger partial charge in [0.05, 0.1) is 0 Å². The molecule has 2 heterocycles. The van der Waals surface area contributed by atoms with Crippen molar-refractivity contribution in [2.75, 3.05) is 0 Å². The number of hydrogen-bond acceptors (Lipinski definition) is 2. The maximum Gasteiger partial charge on any atom is 0.112 e. The predicted molar refractivity (Wildman–Crippen MR) is 194 cm³/mol. The Labute approximate surface area is 263 Å². The highest BCUT2D eigenvalue weighted by Crippen LogP contribution is 2.59. The summed E-state index contributed by atoms with van der Waals surface area (Å²) in [6.45, 7) is 14.0. The Bertz CT molecular complexity index is 2060. The van der Waals surface area contributed by atoms with Crippen LogP contribution in [0.4, 0.5) is 0 Å². The third-order valence-corrected chi connectivity index (χ3v) is 13.6. The minimum atomic E-state index is -0.567. The molecule has 0 N–H and O–H groups in total. The minimum absolute atomic E-state index is 0.294. The van der Waals surface area contributed by atoms with Crippen molar-refractivity contribution in [3.63, 3.8) is 0 Å². The summed E-state index contributed by atoms with van der Waals surface area (Å²) < 4.78 is 2.69. The van der Waals surface area contributed by atoms with Crippen molar-refractivity contribution in [1.29, 1.82) is 0 Å². The van der Waals surface area contributed by atoms with Crippen molar-refractivity contribution < 1.29 is 0 Å². The number of thioether (sulfide) groups is 1. The van der Waals surface area contributed by atoms with E-state index >= 15 is 0 Å². The van der Waals surface area contributed by atoms with Gasteiger partial charge in [-0.1, -0.05) is 114 Å². The molecule has 0 spiro atoms. The van der Waals surface area contributed by atoms with E-state index in [0.29, 0.717) is 21.2 Å². The molecular weight excluding hydrogens is 577 g/mol. The van der Waals surface area contributed by atoms with Crippen LogP contribution in [0.1, 0.15) is 80.5 Å². The first-order valence-corrected chi connectivity index (χ1v) is 19.5. The van der Waals surface area contributed by atoms with Gasteiger partial charge in [-0.05, 0) is 38.9 Å². The van der Waals surface area contributed by atoms with Crippen LogP contribution in [0, 0.1) is 22.9 Å². The number of hydrogen-bond donors (Lipinski definition) is 0. The van der Waals surface area contributed by atoms with E-state index in [1.807, 2.05) is 23.1 Å². The predicted octanol–water partition coefficient (Wildman–Crippen LogP) is 9.56. The second kappa shape index (κ2) is 10.3. The summed E-state index contributed by atoms with van der Waals surface area (Å²) in [7, 11) is -1.13. The zero-order chi connectivity index (χ0) is 29.2. The van der Waals surface area contributed by atoms with Crippen LogP contribution in [0.2, 0.25) is 10.1 Å². The fourth-order valence-electron chi connectivity index (χ4n) is 6.20. The molecule has 4 heteroatoms. The standard InChI is InChI=1S/C38H36S2Si2/c1-37(2,3)41-21-19-27-25-15-17-30-24-12-8-10-14-32(24)40-36(30)34(25)28(20-22-42-38(4,5)6)26-16-18-29-23-11-7-9-13-31(23)39-35(29)33(26)27/h7-18,29,35H,41-42H2,1-6H3. The largest absolute Gasteiger partial charge is 0.134 e. The van der Waals surface area contributed by atoms with E-state index in [4.69, 9.17) is 0 Å². The molecule has 7 rings (SSSR count). The van der Waals surface area contributed by atoms with Crippen LogP contribution in [0.5, 0.6) is 0 Å². The Morgan fingerprint density at radius 1 is 0.714 bits per heavy atom. The summed E-state index contributed by atoms with van der Waals surface area (Å²) in [5, 5.41) is 6.19. The summed E-state index contributed by atoms with van der Waals surface area (Å²) in [5.41, 5.74) is 14.2.